The van der Waals surface area contributed by atoms with Gasteiger partial charge in [0.25, 0.3) is 5.56 Å². The van der Waals surface area contributed by atoms with Crippen molar-refractivity contribution in [1.29, 1.82) is 5.26 Å². The number of rotatable bonds is 4. The number of nitrogens with zero attached hydrogens (tertiary/aromatic N) is 1. The number of benzene rings is 1. The highest BCUT2D eigenvalue weighted by atomic mass is 19.2. The van der Waals surface area contributed by atoms with Crippen molar-refractivity contribution in [2.45, 2.75) is 20.3 Å². The molecule has 114 valence electrons. The molecule has 0 amide bonds. The van der Waals surface area contributed by atoms with Crippen molar-refractivity contribution in [1.82, 2.24) is 4.98 Å². The average molecular weight is 304 g/mol. The lowest BCUT2D eigenvalue weighted by Crippen LogP contribution is -2.13. The first-order valence-corrected chi connectivity index (χ1v) is 6.74. The zero-order valence-electron chi connectivity index (χ0n) is 12.2. The summed E-state index contributed by atoms with van der Waals surface area (Å²) in [6.07, 6.45) is 0.638. The van der Waals surface area contributed by atoms with E-state index >= 15 is 0 Å². The fraction of sp³-hybridized carbons (Fsp3) is 0.250. The zero-order valence-corrected chi connectivity index (χ0v) is 12.2. The predicted octanol–water partition coefficient (Wildman–Crippen LogP) is 3.29. The minimum atomic E-state index is -1.09. The van der Waals surface area contributed by atoms with Crippen LogP contribution in [0.2, 0.25) is 0 Å². The van der Waals surface area contributed by atoms with Crippen LogP contribution in [0.5, 0.6) is 5.75 Å². The van der Waals surface area contributed by atoms with Crippen LogP contribution >= 0.6 is 0 Å². The van der Waals surface area contributed by atoms with E-state index in [0.29, 0.717) is 12.1 Å². The van der Waals surface area contributed by atoms with Crippen molar-refractivity contribution in [2.24, 2.45) is 0 Å². The number of ether oxygens (including phenoxy) is 1. The summed E-state index contributed by atoms with van der Waals surface area (Å²) >= 11 is 0. The zero-order chi connectivity index (χ0) is 16.3. The molecule has 0 unspecified atom stereocenters. The third-order valence-corrected chi connectivity index (χ3v) is 3.05. The van der Waals surface area contributed by atoms with E-state index < -0.39 is 17.2 Å². The normalized spacial score (nSPS) is 10.3. The molecule has 0 atom stereocenters. The predicted molar refractivity (Wildman–Crippen MR) is 77.7 cm³/mol. The van der Waals surface area contributed by atoms with Crippen molar-refractivity contribution in [2.75, 3.05) is 6.61 Å². The van der Waals surface area contributed by atoms with Crippen LogP contribution in [-0.4, -0.2) is 11.6 Å². The van der Waals surface area contributed by atoms with Gasteiger partial charge in [0.05, 0.1) is 6.61 Å². The summed E-state index contributed by atoms with van der Waals surface area (Å²) in [5, 5.41) is 9.12. The standard InChI is InChI=1S/C16H14F2N2O2/c1-3-4-22-14-7-10(6-13(17)15(14)18)11-5-9(2)20-16(21)12(11)8-19/h5-7H,3-4H2,1-2H3,(H,20,21). The quantitative estimate of drug-likeness (QED) is 0.942. The van der Waals surface area contributed by atoms with Gasteiger partial charge in [-0.05, 0) is 37.1 Å². The lowest BCUT2D eigenvalue weighted by atomic mass is 10.0. The molecule has 6 heteroatoms. The van der Waals surface area contributed by atoms with Crippen molar-refractivity contribution in [3.8, 4) is 22.9 Å². The van der Waals surface area contributed by atoms with Crippen molar-refractivity contribution in [3.63, 3.8) is 0 Å². The number of nitrogens with one attached hydrogen (secondary N) is 1. The first-order valence-electron chi connectivity index (χ1n) is 6.74. The van der Waals surface area contributed by atoms with Gasteiger partial charge in [0.2, 0.25) is 5.82 Å². The van der Waals surface area contributed by atoms with Crippen LogP contribution in [-0.2, 0) is 0 Å². The van der Waals surface area contributed by atoms with E-state index in [9.17, 15) is 13.6 Å². The van der Waals surface area contributed by atoms with Crippen LogP contribution in [0, 0.1) is 29.9 Å². The molecule has 0 bridgehead atoms. The molecule has 2 aromatic rings. The highest BCUT2D eigenvalue weighted by Crippen LogP contribution is 2.30. The second-order valence-electron chi connectivity index (χ2n) is 4.80. The molecule has 0 fully saturated rings. The Morgan fingerprint density at radius 3 is 2.68 bits per heavy atom. The Morgan fingerprint density at radius 2 is 2.05 bits per heavy atom. The first-order chi connectivity index (χ1) is 10.5. The number of nitriles is 1. The second kappa shape index (κ2) is 6.39. The van der Waals surface area contributed by atoms with Gasteiger partial charge in [-0.15, -0.1) is 0 Å². The Kier molecular flexibility index (Phi) is 4.56. The summed E-state index contributed by atoms with van der Waals surface area (Å²) in [5.74, 6) is -2.42. The van der Waals surface area contributed by atoms with Crippen LogP contribution in [0.4, 0.5) is 8.78 Å². The van der Waals surface area contributed by atoms with E-state index in [-0.39, 0.29) is 29.0 Å². The lowest BCUT2D eigenvalue weighted by molar-refractivity contribution is 0.295. The van der Waals surface area contributed by atoms with Gasteiger partial charge in [-0.25, -0.2) is 4.39 Å². The van der Waals surface area contributed by atoms with E-state index in [2.05, 4.69) is 4.98 Å². The number of hydrogen-bond acceptors (Lipinski definition) is 3. The fourth-order valence-electron chi connectivity index (χ4n) is 2.06. The summed E-state index contributed by atoms with van der Waals surface area (Å²) < 4.78 is 32.7. The summed E-state index contributed by atoms with van der Waals surface area (Å²) in [7, 11) is 0. The topological polar surface area (TPSA) is 65.9 Å². The third kappa shape index (κ3) is 2.98. The molecular formula is C16H14F2N2O2. The van der Waals surface area contributed by atoms with Gasteiger partial charge in [0, 0.05) is 11.3 Å². The summed E-state index contributed by atoms with van der Waals surface area (Å²) in [4.78, 5) is 14.3. The maximum Gasteiger partial charge on any atom is 0.266 e. The molecule has 22 heavy (non-hydrogen) atoms. The number of hydrogen-bond donors (Lipinski definition) is 1. The second-order valence-corrected chi connectivity index (χ2v) is 4.80. The molecule has 1 heterocycles. The molecule has 0 spiro atoms. The van der Waals surface area contributed by atoms with E-state index in [1.807, 2.05) is 6.92 Å². The van der Waals surface area contributed by atoms with E-state index in [4.69, 9.17) is 10.00 Å². The van der Waals surface area contributed by atoms with Gasteiger partial charge in [-0.2, -0.15) is 9.65 Å². The Balaban J connectivity index is 2.66. The van der Waals surface area contributed by atoms with Crippen LogP contribution in [0.15, 0.2) is 23.0 Å². The van der Waals surface area contributed by atoms with Gasteiger partial charge < -0.3 is 9.72 Å². The van der Waals surface area contributed by atoms with Crippen LogP contribution < -0.4 is 10.3 Å². The molecule has 4 nitrogen and oxygen atoms in total. The van der Waals surface area contributed by atoms with Crippen molar-refractivity contribution in [3.05, 3.63) is 51.4 Å². The van der Waals surface area contributed by atoms with Crippen molar-refractivity contribution >= 4 is 0 Å². The number of halogens is 2. The number of H-pyrrole nitrogens is 1. The van der Waals surface area contributed by atoms with Crippen LogP contribution in [0.1, 0.15) is 24.6 Å². The molecule has 0 saturated carbocycles. The molecule has 1 N–H and O–H groups in total. The Morgan fingerprint density at radius 1 is 1.32 bits per heavy atom. The third-order valence-electron chi connectivity index (χ3n) is 3.05. The monoisotopic (exact) mass is 304 g/mol. The van der Waals surface area contributed by atoms with Crippen molar-refractivity contribution < 1.29 is 13.5 Å². The molecule has 0 aliphatic rings. The largest absolute Gasteiger partial charge is 0.490 e. The highest BCUT2D eigenvalue weighted by molar-refractivity contribution is 5.71. The van der Waals surface area contributed by atoms with Gasteiger partial charge in [-0.3, -0.25) is 4.79 Å². The van der Waals surface area contributed by atoms with Gasteiger partial charge in [0.1, 0.15) is 11.6 Å². The molecule has 2 rings (SSSR count). The number of aryl methyl sites for hydroxylation is 1. The maximum atomic E-state index is 13.8. The molecule has 1 aromatic carbocycles. The smallest absolute Gasteiger partial charge is 0.266 e. The van der Waals surface area contributed by atoms with Gasteiger partial charge in [-0.1, -0.05) is 6.92 Å². The average Bonchev–Trinajstić information content (AvgIpc) is 2.48. The maximum absolute atomic E-state index is 13.8. The van der Waals surface area contributed by atoms with E-state index in [0.717, 1.165) is 6.07 Å². The SMILES string of the molecule is CCCOc1cc(-c2cc(C)[nH]c(=O)c2C#N)cc(F)c1F. The molecule has 0 aliphatic carbocycles. The Labute approximate surface area is 126 Å². The van der Waals surface area contributed by atoms with E-state index in [1.54, 1.807) is 13.0 Å². The summed E-state index contributed by atoms with van der Waals surface area (Å²) in [6, 6.07) is 5.57. The minimum Gasteiger partial charge on any atom is -0.490 e. The highest BCUT2D eigenvalue weighted by Gasteiger charge is 2.16. The molecule has 0 saturated heterocycles. The number of aromatic amines is 1. The fourth-order valence-corrected chi connectivity index (χ4v) is 2.06. The molecular weight excluding hydrogens is 290 g/mol. The van der Waals surface area contributed by atoms with E-state index in [1.165, 1.54) is 12.1 Å². The lowest BCUT2D eigenvalue weighted by Gasteiger charge is -2.11. The summed E-state index contributed by atoms with van der Waals surface area (Å²) in [5.41, 5.74) is 0.246. The molecule has 1 aromatic heterocycles. The van der Waals surface area contributed by atoms with Crippen LogP contribution in [0.25, 0.3) is 11.1 Å². The Bertz CT molecular complexity index is 807. The van der Waals surface area contributed by atoms with Gasteiger partial charge >= 0.3 is 0 Å². The number of aromatic nitrogens is 1. The first kappa shape index (κ1) is 15.7. The summed E-state index contributed by atoms with van der Waals surface area (Å²) in [6.45, 7) is 3.71. The van der Waals surface area contributed by atoms with Crippen LogP contribution in [0.3, 0.4) is 0 Å². The molecule has 0 aliphatic heterocycles. The Hall–Kier alpha value is -2.68. The van der Waals surface area contributed by atoms with Gasteiger partial charge in [0.15, 0.2) is 11.6 Å². The molecule has 0 radical (unpaired) electrons. The number of pyridine rings is 1. The minimum absolute atomic E-state index is 0.155.